The number of nitro benzene ring substituents is 1. The number of carbonyl (C=O) groups is 1. The van der Waals surface area contributed by atoms with Crippen molar-refractivity contribution in [3.05, 3.63) is 69.6 Å². The molecule has 1 amide bonds. The molecule has 0 saturated carbocycles. The van der Waals surface area contributed by atoms with Gasteiger partial charge < -0.3 is 5.32 Å². The van der Waals surface area contributed by atoms with Gasteiger partial charge >= 0.3 is 0 Å². The van der Waals surface area contributed by atoms with Crippen molar-refractivity contribution >= 4 is 38.1 Å². The Hall–Kier alpha value is -3.15. The molecule has 1 unspecified atom stereocenters. The van der Waals surface area contributed by atoms with Crippen molar-refractivity contribution in [1.29, 1.82) is 0 Å². The van der Waals surface area contributed by atoms with E-state index in [4.69, 9.17) is 0 Å². The zero-order valence-electron chi connectivity index (χ0n) is 17.1. The smallest absolute Gasteiger partial charge is 0.272 e. The summed E-state index contributed by atoms with van der Waals surface area (Å²) in [5, 5.41) is 15.9. The van der Waals surface area contributed by atoms with Crippen LogP contribution in [0.5, 0.6) is 0 Å². The average Bonchev–Trinajstić information content (AvgIpc) is 3.45. The third-order valence-corrected chi connectivity index (χ3v) is 7.97. The highest BCUT2D eigenvalue weighted by Crippen LogP contribution is 2.31. The predicted octanol–water partition coefficient (Wildman–Crippen LogP) is 3.82. The number of rotatable bonds is 6. The molecule has 0 bridgehead atoms. The average molecular weight is 473 g/mol. The Balaban J connectivity index is 1.52. The maximum Gasteiger partial charge on any atom is 0.272 e. The monoisotopic (exact) mass is 472 g/mol. The summed E-state index contributed by atoms with van der Waals surface area (Å²) in [6.45, 7) is 1.93. The minimum absolute atomic E-state index is 0.00574. The molecule has 2 aromatic carbocycles. The van der Waals surface area contributed by atoms with E-state index in [1.165, 1.54) is 33.8 Å². The number of nitro groups is 1. The molecule has 0 aliphatic carbocycles. The number of thiazole rings is 1. The van der Waals surface area contributed by atoms with Crippen LogP contribution in [-0.2, 0) is 14.8 Å². The van der Waals surface area contributed by atoms with Gasteiger partial charge in [0.15, 0.2) is 5.13 Å². The van der Waals surface area contributed by atoms with Gasteiger partial charge in [0.05, 0.1) is 15.5 Å². The quantitative estimate of drug-likeness (QED) is 0.430. The third kappa shape index (κ3) is 4.27. The molecule has 1 aliphatic heterocycles. The Kier molecular flexibility index (Phi) is 6.04. The highest BCUT2D eigenvalue weighted by molar-refractivity contribution is 7.89. The maximum atomic E-state index is 13.0. The van der Waals surface area contributed by atoms with Crippen LogP contribution < -0.4 is 5.32 Å². The second kappa shape index (κ2) is 8.77. The fraction of sp³-hybridized carbons (Fsp3) is 0.238. The van der Waals surface area contributed by atoms with E-state index in [0.29, 0.717) is 34.8 Å². The summed E-state index contributed by atoms with van der Waals surface area (Å²) in [5.41, 5.74) is 1.60. The third-order valence-electron chi connectivity index (χ3n) is 5.29. The number of amides is 1. The van der Waals surface area contributed by atoms with E-state index in [9.17, 15) is 23.3 Å². The molecule has 0 spiro atoms. The number of nitrogens with one attached hydrogen (secondary N) is 1. The van der Waals surface area contributed by atoms with Crippen LogP contribution in [0.1, 0.15) is 18.4 Å². The van der Waals surface area contributed by atoms with Crippen molar-refractivity contribution in [2.75, 3.05) is 11.9 Å². The first-order chi connectivity index (χ1) is 15.3. The Labute approximate surface area is 188 Å². The summed E-state index contributed by atoms with van der Waals surface area (Å²) >= 11 is 1.17. The summed E-state index contributed by atoms with van der Waals surface area (Å²) < 4.78 is 27.2. The van der Waals surface area contributed by atoms with Gasteiger partial charge in [-0.05, 0) is 31.9 Å². The molecule has 1 N–H and O–H groups in total. The van der Waals surface area contributed by atoms with Crippen LogP contribution in [0.3, 0.4) is 0 Å². The summed E-state index contributed by atoms with van der Waals surface area (Å²) in [5.74, 6) is -0.446. The largest absolute Gasteiger partial charge is 0.301 e. The van der Waals surface area contributed by atoms with Gasteiger partial charge in [-0.25, -0.2) is 13.4 Å². The number of nitrogens with zero attached hydrogens (tertiary/aromatic N) is 3. The number of benzene rings is 2. The van der Waals surface area contributed by atoms with E-state index in [2.05, 4.69) is 10.3 Å². The molecule has 32 heavy (non-hydrogen) atoms. The lowest BCUT2D eigenvalue weighted by molar-refractivity contribution is -0.385. The van der Waals surface area contributed by atoms with Gasteiger partial charge in [0.2, 0.25) is 15.9 Å². The summed E-state index contributed by atoms with van der Waals surface area (Å²) in [4.78, 5) is 28.2. The van der Waals surface area contributed by atoms with Crippen molar-refractivity contribution < 1.29 is 18.1 Å². The molecule has 1 aliphatic rings. The zero-order valence-corrected chi connectivity index (χ0v) is 18.7. The number of carbonyl (C=O) groups excluding carboxylic acids is 1. The Morgan fingerprint density at radius 3 is 2.72 bits per heavy atom. The number of hydrogen-bond acceptors (Lipinski definition) is 7. The minimum atomic E-state index is -3.79. The minimum Gasteiger partial charge on any atom is -0.301 e. The summed E-state index contributed by atoms with van der Waals surface area (Å²) in [7, 11) is -3.79. The normalized spacial score (nSPS) is 16.7. The first-order valence-corrected chi connectivity index (χ1v) is 12.2. The van der Waals surface area contributed by atoms with Crippen molar-refractivity contribution in [2.45, 2.75) is 30.7 Å². The standard InChI is InChI=1S/C21H20N4O5S2/c1-14-9-10-15(12-19(14)25(27)28)17-13-31-21(22-17)23-20(26)18-8-5-11-24(18)32(29,30)16-6-3-2-4-7-16/h2-4,6-7,9-10,12-13,18H,5,8,11H2,1H3,(H,22,23,26). The van der Waals surface area contributed by atoms with Crippen molar-refractivity contribution in [2.24, 2.45) is 0 Å². The SMILES string of the molecule is Cc1ccc(-c2csc(NC(=O)C3CCCN3S(=O)(=O)c3ccccc3)n2)cc1[N+](=O)[O-]. The molecule has 1 fully saturated rings. The number of aryl methyl sites for hydroxylation is 1. The van der Waals surface area contributed by atoms with Gasteiger partial charge in [0.1, 0.15) is 6.04 Å². The molecule has 3 aromatic rings. The second-order valence-corrected chi connectivity index (χ2v) is 10.1. The lowest BCUT2D eigenvalue weighted by atomic mass is 10.1. The molecular weight excluding hydrogens is 452 g/mol. The maximum absolute atomic E-state index is 13.0. The van der Waals surface area contributed by atoms with Crippen LogP contribution in [0.15, 0.2) is 58.8 Å². The van der Waals surface area contributed by atoms with Crippen LogP contribution in [0, 0.1) is 17.0 Å². The molecule has 4 rings (SSSR count). The van der Waals surface area contributed by atoms with Gasteiger partial charge in [0.25, 0.3) is 5.69 Å². The van der Waals surface area contributed by atoms with Crippen molar-refractivity contribution in [3.8, 4) is 11.3 Å². The highest BCUT2D eigenvalue weighted by Gasteiger charge is 2.39. The van der Waals surface area contributed by atoms with Gasteiger partial charge in [-0.3, -0.25) is 14.9 Å². The van der Waals surface area contributed by atoms with Crippen LogP contribution in [0.4, 0.5) is 10.8 Å². The number of anilines is 1. The van der Waals surface area contributed by atoms with Crippen LogP contribution >= 0.6 is 11.3 Å². The van der Waals surface area contributed by atoms with Crippen LogP contribution in [0.25, 0.3) is 11.3 Å². The molecule has 166 valence electrons. The highest BCUT2D eigenvalue weighted by atomic mass is 32.2. The molecule has 11 heteroatoms. The second-order valence-electron chi connectivity index (χ2n) is 7.37. The number of aromatic nitrogens is 1. The van der Waals surface area contributed by atoms with E-state index in [0.717, 1.165) is 0 Å². The molecule has 9 nitrogen and oxygen atoms in total. The Morgan fingerprint density at radius 2 is 2.00 bits per heavy atom. The van der Waals surface area contributed by atoms with Crippen LogP contribution in [-0.4, -0.2) is 41.1 Å². The number of hydrogen-bond donors (Lipinski definition) is 1. The summed E-state index contributed by atoms with van der Waals surface area (Å²) in [6.07, 6.45) is 1.00. The van der Waals surface area contributed by atoms with Gasteiger partial charge in [0, 0.05) is 29.1 Å². The van der Waals surface area contributed by atoms with Gasteiger partial charge in [-0.15, -0.1) is 11.3 Å². The van der Waals surface area contributed by atoms with Crippen molar-refractivity contribution in [1.82, 2.24) is 9.29 Å². The first-order valence-electron chi connectivity index (χ1n) is 9.86. The van der Waals surface area contributed by atoms with E-state index in [-0.39, 0.29) is 17.1 Å². The molecular formula is C21H20N4O5S2. The van der Waals surface area contributed by atoms with Crippen LogP contribution in [0.2, 0.25) is 0 Å². The summed E-state index contributed by atoms with van der Waals surface area (Å²) in [6, 6.07) is 12.0. The fourth-order valence-corrected chi connectivity index (χ4v) is 6.04. The lowest BCUT2D eigenvalue weighted by Gasteiger charge is -2.23. The van der Waals surface area contributed by atoms with Gasteiger partial charge in [-0.1, -0.05) is 30.3 Å². The topological polar surface area (TPSA) is 123 Å². The van der Waals surface area contributed by atoms with E-state index in [1.807, 2.05) is 0 Å². The van der Waals surface area contributed by atoms with Crippen molar-refractivity contribution in [3.63, 3.8) is 0 Å². The van der Waals surface area contributed by atoms with E-state index >= 15 is 0 Å². The molecule has 0 radical (unpaired) electrons. The number of sulfonamides is 1. The lowest BCUT2D eigenvalue weighted by Crippen LogP contribution is -2.43. The molecule has 1 aromatic heterocycles. The molecule has 2 heterocycles. The first kappa shape index (κ1) is 22.1. The van der Waals surface area contributed by atoms with Gasteiger partial charge in [-0.2, -0.15) is 4.31 Å². The zero-order chi connectivity index (χ0) is 22.9. The fourth-order valence-electron chi connectivity index (χ4n) is 3.64. The Bertz CT molecular complexity index is 1270. The van der Waals surface area contributed by atoms with E-state index in [1.54, 1.807) is 42.6 Å². The molecule has 1 atom stereocenters. The Morgan fingerprint density at radius 1 is 1.25 bits per heavy atom. The predicted molar refractivity (Wildman–Crippen MR) is 121 cm³/mol. The molecule has 1 saturated heterocycles. The van der Waals surface area contributed by atoms with E-state index < -0.39 is 26.9 Å².